The molecule has 0 aliphatic heterocycles. The lowest BCUT2D eigenvalue weighted by molar-refractivity contribution is -0.161. The predicted octanol–water partition coefficient (Wildman–Crippen LogP) is 26.0. The van der Waals surface area contributed by atoms with Crippen molar-refractivity contribution in [1.82, 2.24) is 0 Å². The maximum atomic E-state index is 13.1. The summed E-state index contributed by atoms with van der Waals surface area (Å²) in [6.07, 6.45) is 71.0. The maximum absolute atomic E-state index is 13.1. The maximum Gasteiger partial charge on any atom is 0.472 e. The summed E-state index contributed by atoms with van der Waals surface area (Å²) in [6.45, 7) is 7.34. The number of hydrogen-bond donors (Lipinski definition) is 3. The molecule has 0 aliphatic rings. The fourth-order valence-electron chi connectivity index (χ4n) is 13.3. The third kappa shape index (κ3) is 76.8. The highest BCUT2D eigenvalue weighted by Crippen LogP contribution is 2.45. The molecule has 6 atom stereocenters. The molecule has 0 saturated carbocycles. The van der Waals surface area contributed by atoms with Gasteiger partial charge in [0.15, 0.2) is 12.2 Å². The second-order valence-electron chi connectivity index (χ2n) is 30.8. The van der Waals surface area contributed by atoms with E-state index >= 15 is 0 Å². The molecule has 618 valence electrons. The van der Waals surface area contributed by atoms with E-state index in [1.54, 1.807) is 0 Å². The molecular weight excluding hydrogens is 1350 g/mol. The average molecular weight is 1520 g/mol. The van der Waals surface area contributed by atoms with Crippen LogP contribution in [-0.4, -0.2) is 96.7 Å². The lowest BCUT2D eigenvalue weighted by Gasteiger charge is -2.21. The van der Waals surface area contributed by atoms with Gasteiger partial charge in [0.25, 0.3) is 0 Å². The van der Waals surface area contributed by atoms with E-state index in [0.29, 0.717) is 25.7 Å². The third-order valence-electron chi connectivity index (χ3n) is 20.4. The van der Waals surface area contributed by atoms with Gasteiger partial charge in [0.2, 0.25) is 0 Å². The van der Waals surface area contributed by atoms with Gasteiger partial charge in [-0.25, -0.2) is 9.13 Å². The lowest BCUT2D eigenvalue weighted by atomic mass is 9.99. The van der Waals surface area contributed by atoms with Crippen molar-refractivity contribution in [3.63, 3.8) is 0 Å². The zero-order valence-corrected chi connectivity index (χ0v) is 70.0. The minimum Gasteiger partial charge on any atom is -0.462 e. The third-order valence-corrected chi connectivity index (χ3v) is 22.3. The Balaban J connectivity index is 5.17. The van der Waals surface area contributed by atoms with Crippen LogP contribution >= 0.6 is 15.6 Å². The molecule has 0 radical (unpaired) electrons. The molecule has 0 heterocycles. The number of phosphoric ester groups is 2. The fourth-order valence-corrected chi connectivity index (χ4v) is 14.8. The second-order valence-corrected chi connectivity index (χ2v) is 33.7. The summed E-state index contributed by atoms with van der Waals surface area (Å²) in [4.78, 5) is 73.1. The van der Waals surface area contributed by atoms with Crippen LogP contribution in [0.1, 0.15) is 458 Å². The quantitative estimate of drug-likeness (QED) is 0.0222. The minimum absolute atomic E-state index is 0.107. The van der Waals surface area contributed by atoms with Crippen LogP contribution < -0.4 is 0 Å². The number of carbonyl (C=O) groups is 4. The highest BCUT2D eigenvalue weighted by atomic mass is 31.2. The van der Waals surface area contributed by atoms with Crippen LogP contribution in [0.25, 0.3) is 0 Å². The van der Waals surface area contributed by atoms with Gasteiger partial charge < -0.3 is 33.8 Å². The number of rotatable bonds is 85. The molecular formula is C85H166O17P2. The van der Waals surface area contributed by atoms with Gasteiger partial charge in [0.05, 0.1) is 26.4 Å². The predicted molar refractivity (Wildman–Crippen MR) is 428 cm³/mol. The smallest absolute Gasteiger partial charge is 0.462 e. The van der Waals surface area contributed by atoms with Gasteiger partial charge in [-0.15, -0.1) is 0 Å². The monoisotopic (exact) mass is 1520 g/mol. The Labute approximate surface area is 638 Å². The van der Waals surface area contributed by atoms with Gasteiger partial charge in [-0.1, -0.05) is 407 Å². The summed E-state index contributed by atoms with van der Waals surface area (Å²) in [7, 11) is -9.92. The number of phosphoric acid groups is 2. The number of ether oxygens (including phenoxy) is 4. The Morgan fingerprint density at radius 2 is 0.462 bits per heavy atom. The van der Waals surface area contributed by atoms with Crippen molar-refractivity contribution in [3.8, 4) is 0 Å². The van der Waals surface area contributed by atoms with Crippen molar-refractivity contribution in [3.05, 3.63) is 0 Å². The molecule has 0 fully saturated rings. The molecule has 0 aromatic rings. The van der Waals surface area contributed by atoms with Crippen LogP contribution in [0.4, 0.5) is 0 Å². The molecule has 0 spiro atoms. The molecule has 3 N–H and O–H groups in total. The number of unbranched alkanes of at least 4 members (excludes halogenated alkanes) is 56. The normalized spacial score (nSPS) is 14.0. The van der Waals surface area contributed by atoms with Crippen molar-refractivity contribution >= 4 is 39.5 Å². The summed E-state index contributed by atoms with van der Waals surface area (Å²) in [5.41, 5.74) is 0. The van der Waals surface area contributed by atoms with E-state index in [2.05, 4.69) is 34.6 Å². The first-order valence-electron chi connectivity index (χ1n) is 44.2. The van der Waals surface area contributed by atoms with Crippen LogP contribution in [0.2, 0.25) is 0 Å². The van der Waals surface area contributed by atoms with E-state index in [9.17, 15) is 43.2 Å². The Hall–Kier alpha value is -1.94. The molecule has 19 heteroatoms. The highest BCUT2D eigenvalue weighted by Gasteiger charge is 2.30. The van der Waals surface area contributed by atoms with E-state index in [-0.39, 0.29) is 25.7 Å². The number of esters is 4. The summed E-state index contributed by atoms with van der Waals surface area (Å²) in [5.74, 6) is -1.30. The molecule has 17 nitrogen and oxygen atoms in total. The van der Waals surface area contributed by atoms with Crippen LogP contribution in [0.3, 0.4) is 0 Å². The van der Waals surface area contributed by atoms with E-state index in [0.717, 1.165) is 102 Å². The van der Waals surface area contributed by atoms with Gasteiger partial charge in [-0.2, -0.15) is 0 Å². The molecule has 0 aromatic heterocycles. The Kier molecular flexibility index (Phi) is 76.3. The molecule has 0 aromatic carbocycles. The Morgan fingerprint density at radius 1 is 0.269 bits per heavy atom. The lowest BCUT2D eigenvalue weighted by Crippen LogP contribution is -2.30. The molecule has 3 unspecified atom stereocenters. The van der Waals surface area contributed by atoms with Crippen LogP contribution in [0.15, 0.2) is 0 Å². The molecule has 104 heavy (non-hydrogen) atoms. The van der Waals surface area contributed by atoms with Crippen molar-refractivity contribution < 1.29 is 80.2 Å². The first-order valence-corrected chi connectivity index (χ1v) is 47.2. The number of carbonyl (C=O) groups excluding carboxylic acids is 4. The van der Waals surface area contributed by atoms with Crippen molar-refractivity contribution in [2.45, 2.75) is 477 Å². The van der Waals surface area contributed by atoms with Crippen LogP contribution in [0.5, 0.6) is 0 Å². The van der Waals surface area contributed by atoms with Crippen LogP contribution in [-0.2, 0) is 65.4 Å². The fraction of sp³-hybridized carbons (Fsp3) is 0.953. The summed E-state index contributed by atoms with van der Waals surface area (Å²) in [6, 6.07) is 0. The molecule has 0 amide bonds. The zero-order valence-electron chi connectivity index (χ0n) is 68.2. The van der Waals surface area contributed by atoms with Crippen molar-refractivity contribution in [1.29, 1.82) is 0 Å². The summed E-state index contributed by atoms with van der Waals surface area (Å²) < 4.78 is 68.8. The van der Waals surface area contributed by atoms with E-state index in [1.165, 1.54) is 276 Å². The SMILES string of the molecule is CCCCCCCCCCCCCCCCCCCCCCCCC(=O)O[C@H](COC(=O)CCCCCCCCCCCCCCCCCCCCCC)COP(=O)(O)OC[C@@H](O)COP(=O)(O)OC[C@@H](COC(=O)CCCCCCCCCC)OC(=O)CCCCCCCCCCCCC(C)CC. The largest absolute Gasteiger partial charge is 0.472 e. The zero-order chi connectivity index (χ0) is 76.2. The molecule has 0 saturated heterocycles. The standard InChI is InChI=1S/C85H166O17P2/c1-6-10-13-16-19-22-24-26-28-30-32-34-35-37-39-41-43-45-50-55-60-65-70-84(89)102-81(75-96-83(88)69-64-59-54-49-44-42-40-38-36-33-31-29-27-25-23-20-17-14-11-7-2)77-100-104(93,94)98-73-79(86)72-97-103(91,92)99-76-80(74-95-82(87)68-63-58-53-21-18-15-12-8-3)101-85(90)71-66-61-56-51-47-46-48-52-57-62-67-78(5)9-4/h78-81,86H,6-77H2,1-5H3,(H,91,92)(H,93,94)/t78?,79-,80+,81+/m0/s1. The number of hydrogen-bond acceptors (Lipinski definition) is 15. The minimum atomic E-state index is -4.96. The Bertz CT molecular complexity index is 1980. The first kappa shape index (κ1) is 102. The molecule has 0 aliphatic carbocycles. The number of aliphatic hydroxyl groups excluding tert-OH is 1. The van der Waals surface area contributed by atoms with Gasteiger partial charge in [0.1, 0.15) is 19.3 Å². The Morgan fingerprint density at radius 3 is 0.683 bits per heavy atom. The van der Waals surface area contributed by atoms with Crippen molar-refractivity contribution in [2.24, 2.45) is 5.92 Å². The topological polar surface area (TPSA) is 237 Å². The average Bonchev–Trinajstić information content (AvgIpc) is 0.905. The van der Waals surface area contributed by atoms with E-state index < -0.39 is 97.5 Å². The van der Waals surface area contributed by atoms with Gasteiger partial charge in [-0.3, -0.25) is 37.3 Å². The second kappa shape index (κ2) is 77.8. The van der Waals surface area contributed by atoms with Gasteiger partial charge in [-0.05, 0) is 31.6 Å². The van der Waals surface area contributed by atoms with Gasteiger partial charge in [0, 0.05) is 25.7 Å². The molecule has 0 rings (SSSR count). The van der Waals surface area contributed by atoms with Crippen molar-refractivity contribution in [2.75, 3.05) is 39.6 Å². The number of aliphatic hydroxyl groups is 1. The summed E-state index contributed by atoms with van der Waals surface area (Å²) in [5, 5.41) is 10.7. The van der Waals surface area contributed by atoms with E-state index in [4.69, 9.17) is 37.0 Å². The summed E-state index contributed by atoms with van der Waals surface area (Å²) >= 11 is 0. The highest BCUT2D eigenvalue weighted by molar-refractivity contribution is 7.47. The van der Waals surface area contributed by atoms with E-state index in [1.807, 2.05) is 0 Å². The van der Waals surface area contributed by atoms with Crippen LogP contribution in [0, 0.1) is 5.92 Å². The molecule has 0 bridgehead atoms. The van der Waals surface area contributed by atoms with Gasteiger partial charge >= 0.3 is 39.5 Å². The first-order chi connectivity index (χ1) is 50.6.